The molecule has 0 spiro atoms. The van der Waals surface area contributed by atoms with Crippen molar-refractivity contribution in [2.24, 2.45) is 0 Å². The number of amides is 1. The minimum atomic E-state index is -0.621. The number of carbonyl (C=O) groups is 1. The summed E-state index contributed by atoms with van der Waals surface area (Å²) in [6, 6.07) is 7.56. The predicted octanol–water partition coefficient (Wildman–Crippen LogP) is 1.52. The van der Waals surface area contributed by atoms with E-state index in [-0.39, 0.29) is 24.6 Å². The number of aliphatic hydroxyl groups is 1. The maximum absolute atomic E-state index is 13.3. The number of aliphatic hydroxyl groups excluding tert-OH is 1. The van der Waals surface area contributed by atoms with Gasteiger partial charge >= 0.3 is 0 Å². The van der Waals surface area contributed by atoms with Gasteiger partial charge in [-0.05, 0) is 45.4 Å². The molecule has 3 heterocycles. The molecule has 2 unspecified atom stereocenters. The number of ether oxygens (including phenoxy) is 3. The van der Waals surface area contributed by atoms with E-state index < -0.39 is 6.10 Å². The fourth-order valence-electron chi connectivity index (χ4n) is 4.16. The Hall–Kier alpha value is -2.79. The van der Waals surface area contributed by atoms with E-state index in [1.165, 1.54) is 0 Å². The summed E-state index contributed by atoms with van der Waals surface area (Å²) < 4.78 is 16.7. The number of likely N-dealkylation sites (N-methyl/N-ethyl adjacent to an activating group) is 1. The third-order valence-corrected chi connectivity index (χ3v) is 6.16. The SMILES string of the molecule is CNCC(O)COc1cccc(-c2nc(NC3CCOC3)c(C)c(C(=O)NC3CCOCC3)n2)c1. The highest BCUT2D eigenvalue weighted by Crippen LogP contribution is 2.26. The first kappa shape index (κ1) is 25.3. The number of hydrogen-bond acceptors (Lipinski definition) is 9. The highest BCUT2D eigenvalue weighted by atomic mass is 16.5. The Bertz CT molecular complexity index is 992. The number of nitrogens with zero attached hydrogens (tertiary/aromatic N) is 2. The molecule has 2 saturated heterocycles. The topological polar surface area (TPSA) is 127 Å². The van der Waals surface area contributed by atoms with Crippen LogP contribution in [-0.4, -0.2) is 85.8 Å². The average molecular weight is 486 g/mol. The van der Waals surface area contributed by atoms with Crippen molar-refractivity contribution in [2.75, 3.05) is 51.9 Å². The Morgan fingerprint density at radius 1 is 1.17 bits per heavy atom. The Kier molecular flexibility index (Phi) is 8.86. The van der Waals surface area contributed by atoms with E-state index in [2.05, 4.69) is 20.9 Å². The second kappa shape index (κ2) is 12.3. The lowest BCUT2D eigenvalue weighted by Crippen LogP contribution is -2.39. The second-order valence-electron chi connectivity index (χ2n) is 8.98. The van der Waals surface area contributed by atoms with Crippen molar-refractivity contribution < 1.29 is 24.1 Å². The van der Waals surface area contributed by atoms with Gasteiger partial charge in [-0.2, -0.15) is 0 Å². The number of anilines is 1. The number of carbonyl (C=O) groups excluding carboxylic acids is 1. The largest absolute Gasteiger partial charge is 0.491 e. The van der Waals surface area contributed by atoms with Crippen LogP contribution in [0.25, 0.3) is 11.4 Å². The first-order valence-corrected chi connectivity index (χ1v) is 12.2. The number of aromatic nitrogens is 2. The molecule has 0 aliphatic carbocycles. The van der Waals surface area contributed by atoms with E-state index in [1.807, 2.05) is 31.2 Å². The zero-order valence-corrected chi connectivity index (χ0v) is 20.4. The summed E-state index contributed by atoms with van der Waals surface area (Å²) in [4.78, 5) is 22.7. The van der Waals surface area contributed by atoms with E-state index in [4.69, 9.17) is 19.2 Å². The Morgan fingerprint density at radius 2 is 1.94 bits per heavy atom. The highest BCUT2D eigenvalue weighted by molar-refractivity contribution is 5.95. The van der Waals surface area contributed by atoms with Gasteiger partial charge in [-0.3, -0.25) is 4.79 Å². The van der Waals surface area contributed by atoms with Gasteiger partial charge < -0.3 is 35.3 Å². The van der Waals surface area contributed by atoms with Crippen molar-refractivity contribution in [3.63, 3.8) is 0 Å². The van der Waals surface area contributed by atoms with Gasteiger partial charge in [-0.1, -0.05) is 12.1 Å². The van der Waals surface area contributed by atoms with Gasteiger partial charge in [0.15, 0.2) is 5.82 Å². The summed E-state index contributed by atoms with van der Waals surface area (Å²) in [6.45, 7) is 5.04. The number of hydrogen-bond donors (Lipinski definition) is 4. The smallest absolute Gasteiger partial charge is 0.270 e. The normalized spacial score (nSPS) is 19.3. The van der Waals surface area contributed by atoms with Crippen LogP contribution in [0.3, 0.4) is 0 Å². The van der Waals surface area contributed by atoms with Gasteiger partial charge in [0.2, 0.25) is 0 Å². The first-order chi connectivity index (χ1) is 17.0. The molecule has 4 rings (SSSR count). The van der Waals surface area contributed by atoms with Crippen molar-refractivity contribution in [1.82, 2.24) is 20.6 Å². The molecule has 1 aromatic heterocycles. The van der Waals surface area contributed by atoms with Crippen LogP contribution >= 0.6 is 0 Å². The lowest BCUT2D eigenvalue weighted by Gasteiger charge is -2.24. The fraction of sp³-hybridized carbons (Fsp3) is 0.560. The van der Waals surface area contributed by atoms with Crippen LogP contribution in [0.2, 0.25) is 0 Å². The molecule has 190 valence electrons. The molecule has 0 radical (unpaired) electrons. The zero-order valence-electron chi connectivity index (χ0n) is 20.4. The molecule has 10 nitrogen and oxygen atoms in total. The predicted molar refractivity (Wildman–Crippen MR) is 132 cm³/mol. The van der Waals surface area contributed by atoms with Gasteiger partial charge in [0, 0.05) is 43.5 Å². The summed E-state index contributed by atoms with van der Waals surface area (Å²) in [7, 11) is 1.78. The molecule has 4 N–H and O–H groups in total. The lowest BCUT2D eigenvalue weighted by molar-refractivity contribution is 0.0694. The van der Waals surface area contributed by atoms with Gasteiger partial charge in [0.25, 0.3) is 5.91 Å². The molecule has 0 saturated carbocycles. The van der Waals surface area contributed by atoms with Crippen molar-refractivity contribution in [1.29, 1.82) is 0 Å². The monoisotopic (exact) mass is 485 g/mol. The van der Waals surface area contributed by atoms with Crippen LogP contribution in [-0.2, 0) is 9.47 Å². The maximum Gasteiger partial charge on any atom is 0.270 e. The highest BCUT2D eigenvalue weighted by Gasteiger charge is 2.24. The number of benzene rings is 1. The maximum atomic E-state index is 13.3. The molecule has 2 fully saturated rings. The summed E-state index contributed by atoms with van der Waals surface area (Å²) in [5.41, 5.74) is 1.77. The summed E-state index contributed by atoms with van der Waals surface area (Å²) >= 11 is 0. The van der Waals surface area contributed by atoms with E-state index in [0.717, 1.165) is 24.8 Å². The quantitative estimate of drug-likeness (QED) is 0.396. The van der Waals surface area contributed by atoms with Crippen LogP contribution in [0, 0.1) is 6.92 Å². The fourth-order valence-corrected chi connectivity index (χ4v) is 4.16. The molecule has 2 aromatic rings. The molecular weight excluding hydrogens is 450 g/mol. The first-order valence-electron chi connectivity index (χ1n) is 12.2. The van der Waals surface area contributed by atoms with Crippen LogP contribution in [0.5, 0.6) is 5.75 Å². The third-order valence-electron chi connectivity index (χ3n) is 6.16. The standard InChI is InChI=1S/C25H35N5O5/c1-16-22(25(32)28-18-6-9-33-10-7-18)29-24(30-23(16)27-19-8-11-34-14-19)17-4-3-5-21(12-17)35-15-20(31)13-26-2/h3-5,12,18-20,26,31H,6-11,13-15H2,1-2H3,(H,28,32)(H,27,29,30). The van der Waals surface area contributed by atoms with Gasteiger partial charge in [-0.15, -0.1) is 0 Å². The van der Waals surface area contributed by atoms with Crippen LogP contribution < -0.4 is 20.7 Å². The van der Waals surface area contributed by atoms with E-state index in [9.17, 15) is 9.90 Å². The van der Waals surface area contributed by atoms with E-state index >= 15 is 0 Å². The van der Waals surface area contributed by atoms with Gasteiger partial charge in [0.05, 0.1) is 12.6 Å². The Balaban J connectivity index is 1.60. The molecule has 1 aromatic carbocycles. The minimum Gasteiger partial charge on any atom is -0.491 e. The summed E-state index contributed by atoms with van der Waals surface area (Å²) in [6.07, 6.45) is 1.82. The van der Waals surface area contributed by atoms with Crippen molar-refractivity contribution >= 4 is 11.7 Å². The summed E-state index contributed by atoms with van der Waals surface area (Å²) in [5.74, 6) is 1.42. The number of nitrogens with one attached hydrogen (secondary N) is 3. The molecule has 2 aliphatic rings. The van der Waals surface area contributed by atoms with Crippen molar-refractivity contribution in [3.05, 3.63) is 35.5 Å². The van der Waals surface area contributed by atoms with Crippen LogP contribution in [0.15, 0.2) is 24.3 Å². The molecule has 2 aliphatic heterocycles. The number of rotatable bonds is 10. The van der Waals surface area contributed by atoms with Crippen molar-refractivity contribution in [3.8, 4) is 17.1 Å². The second-order valence-corrected chi connectivity index (χ2v) is 8.98. The van der Waals surface area contributed by atoms with Gasteiger partial charge in [-0.25, -0.2) is 9.97 Å². The molecule has 2 atom stereocenters. The molecule has 35 heavy (non-hydrogen) atoms. The molecular formula is C25H35N5O5. The minimum absolute atomic E-state index is 0.0643. The zero-order chi connectivity index (χ0) is 24.6. The Labute approximate surface area is 205 Å². The third kappa shape index (κ3) is 6.88. The molecule has 1 amide bonds. The molecule has 10 heteroatoms. The van der Waals surface area contributed by atoms with Crippen LogP contribution in [0.4, 0.5) is 5.82 Å². The summed E-state index contributed by atoms with van der Waals surface area (Å²) in [5, 5.41) is 19.4. The van der Waals surface area contributed by atoms with Gasteiger partial charge in [0.1, 0.15) is 30.0 Å². The molecule has 0 bridgehead atoms. The van der Waals surface area contributed by atoms with Crippen molar-refractivity contribution in [2.45, 2.75) is 44.4 Å². The van der Waals surface area contributed by atoms with E-state index in [0.29, 0.717) is 61.6 Å². The Morgan fingerprint density at radius 3 is 2.69 bits per heavy atom. The van der Waals surface area contributed by atoms with Crippen LogP contribution in [0.1, 0.15) is 35.3 Å². The van der Waals surface area contributed by atoms with E-state index in [1.54, 1.807) is 7.05 Å². The lowest BCUT2D eigenvalue weighted by atomic mass is 10.1. The average Bonchev–Trinajstić information content (AvgIpc) is 3.38.